The summed E-state index contributed by atoms with van der Waals surface area (Å²) in [6.07, 6.45) is 0.431. The largest absolute Gasteiger partial charge is 0.497 e. The lowest BCUT2D eigenvalue weighted by atomic mass is 9.97. The number of nitriles is 1. The lowest BCUT2D eigenvalue weighted by Gasteiger charge is -2.13. The molecule has 0 spiro atoms. The van der Waals surface area contributed by atoms with Crippen molar-refractivity contribution in [3.05, 3.63) is 47.5 Å². The van der Waals surface area contributed by atoms with E-state index >= 15 is 0 Å². The lowest BCUT2D eigenvalue weighted by Crippen LogP contribution is -1.93. The Morgan fingerprint density at radius 3 is 2.35 bits per heavy atom. The number of hydrogen-bond acceptors (Lipinski definition) is 3. The van der Waals surface area contributed by atoms with E-state index in [1.165, 1.54) is 0 Å². The van der Waals surface area contributed by atoms with Gasteiger partial charge in [-0.1, -0.05) is 18.2 Å². The van der Waals surface area contributed by atoms with E-state index in [9.17, 15) is 0 Å². The van der Waals surface area contributed by atoms with Crippen molar-refractivity contribution in [2.24, 2.45) is 0 Å². The van der Waals surface area contributed by atoms with Gasteiger partial charge in [-0.15, -0.1) is 0 Å². The third-order valence-electron chi connectivity index (χ3n) is 3.27. The van der Waals surface area contributed by atoms with Gasteiger partial charge in [-0.05, 0) is 35.7 Å². The van der Waals surface area contributed by atoms with E-state index in [0.717, 1.165) is 33.8 Å². The first-order valence-electron chi connectivity index (χ1n) is 6.38. The van der Waals surface area contributed by atoms with Crippen molar-refractivity contribution in [3.8, 4) is 28.7 Å². The molecule has 0 bridgehead atoms. The van der Waals surface area contributed by atoms with Gasteiger partial charge in [0.2, 0.25) is 0 Å². The molecule has 0 aliphatic rings. The third kappa shape index (κ3) is 2.75. The molecular weight excluding hydrogens is 250 g/mol. The van der Waals surface area contributed by atoms with Crippen molar-refractivity contribution in [1.82, 2.24) is 0 Å². The van der Waals surface area contributed by atoms with Crippen LogP contribution in [-0.4, -0.2) is 14.2 Å². The van der Waals surface area contributed by atoms with Crippen LogP contribution in [0, 0.1) is 18.3 Å². The fourth-order valence-corrected chi connectivity index (χ4v) is 2.25. The van der Waals surface area contributed by atoms with Crippen molar-refractivity contribution in [2.45, 2.75) is 13.3 Å². The Kier molecular flexibility index (Phi) is 4.27. The van der Waals surface area contributed by atoms with Gasteiger partial charge in [0.05, 0.1) is 26.7 Å². The molecule has 0 fully saturated rings. The van der Waals surface area contributed by atoms with E-state index in [1.54, 1.807) is 14.2 Å². The summed E-state index contributed by atoms with van der Waals surface area (Å²) in [5.74, 6) is 1.55. The fourth-order valence-electron chi connectivity index (χ4n) is 2.25. The lowest BCUT2D eigenvalue weighted by molar-refractivity contribution is 0.395. The molecule has 20 heavy (non-hydrogen) atoms. The standard InChI is InChI=1S/C17H17NO2/c1-12-10-13(8-9-18)4-6-15(12)16-7-5-14(19-2)11-17(16)20-3/h4-7,10-11H,8H2,1-3H3. The third-order valence-corrected chi connectivity index (χ3v) is 3.27. The summed E-state index contributed by atoms with van der Waals surface area (Å²) in [4.78, 5) is 0. The zero-order chi connectivity index (χ0) is 14.5. The maximum absolute atomic E-state index is 8.75. The zero-order valence-corrected chi connectivity index (χ0v) is 11.9. The van der Waals surface area contributed by atoms with E-state index in [-0.39, 0.29) is 0 Å². The minimum atomic E-state index is 0.431. The Balaban J connectivity index is 2.48. The van der Waals surface area contributed by atoms with E-state index in [2.05, 4.69) is 6.07 Å². The number of methoxy groups -OCH3 is 2. The number of benzene rings is 2. The Hall–Kier alpha value is -2.47. The SMILES string of the molecule is COc1ccc(-c2ccc(CC#N)cc2C)c(OC)c1. The monoisotopic (exact) mass is 267 g/mol. The molecule has 0 N–H and O–H groups in total. The number of aryl methyl sites for hydroxylation is 1. The molecular formula is C17H17NO2. The second kappa shape index (κ2) is 6.12. The predicted molar refractivity (Wildman–Crippen MR) is 79.0 cm³/mol. The van der Waals surface area contributed by atoms with Gasteiger partial charge >= 0.3 is 0 Å². The molecule has 0 atom stereocenters. The highest BCUT2D eigenvalue weighted by Crippen LogP contribution is 2.35. The molecule has 0 heterocycles. The van der Waals surface area contributed by atoms with E-state index in [0.29, 0.717) is 6.42 Å². The second-order valence-electron chi connectivity index (χ2n) is 4.55. The molecule has 0 aliphatic carbocycles. The van der Waals surface area contributed by atoms with Gasteiger partial charge in [0, 0.05) is 11.6 Å². The van der Waals surface area contributed by atoms with Gasteiger partial charge < -0.3 is 9.47 Å². The minimum absolute atomic E-state index is 0.431. The number of rotatable bonds is 4. The zero-order valence-electron chi connectivity index (χ0n) is 11.9. The average Bonchev–Trinajstić information content (AvgIpc) is 2.47. The predicted octanol–water partition coefficient (Wildman–Crippen LogP) is 3.75. The summed E-state index contributed by atoms with van der Waals surface area (Å²) < 4.78 is 10.7. The van der Waals surface area contributed by atoms with Crippen LogP contribution in [0.2, 0.25) is 0 Å². The van der Waals surface area contributed by atoms with Crippen LogP contribution in [0.4, 0.5) is 0 Å². The molecule has 2 aromatic carbocycles. The Morgan fingerprint density at radius 1 is 1.00 bits per heavy atom. The number of nitrogens with zero attached hydrogens (tertiary/aromatic N) is 1. The Bertz CT molecular complexity index is 657. The highest BCUT2D eigenvalue weighted by Gasteiger charge is 2.10. The summed E-state index contributed by atoms with van der Waals surface area (Å²) in [5, 5.41) is 8.75. The molecule has 2 aromatic rings. The molecule has 0 radical (unpaired) electrons. The van der Waals surface area contributed by atoms with Gasteiger partial charge in [-0.25, -0.2) is 0 Å². The fraction of sp³-hybridized carbons (Fsp3) is 0.235. The molecule has 0 amide bonds. The highest BCUT2D eigenvalue weighted by atomic mass is 16.5. The maximum atomic E-state index is 8.75. The molecule has 3 nitrogen and oxygen atoms in total. The van der Waals surface area contributed by atoms with Crippen molar-refractivity contribution in [2.75, 3.05) is 14.2 Å². The molecule has 102 valence electrons. The molecule has 0 saturated heterocycles. The number of hydrogen-bond donors (Lipinski definition) is 0. The van der Waals surface area contributed by atoms with Crippen molar-refractivity contribution in [1.29, 1.82) is 5.26 Å². The summed E-state index contributed by atoms with van der Waals surface area (Å²) >= 11 is 0. The molecule has 0 unspecified atom stereocenters. The van der Waals surface area contributed by atoms with Gasteiger partial charge in [0.15, 0.2) is 0 Å². The van der Waals surface area contributed by atoms with Gasteiger partial charge in [0.25, 0.3) is 0 Å². The topological polar surface area (TPSA) is 42.2 Å². The highest BCUT2D eigenvalue weighted by molar-refractivity contribution is 5.74. The van der Waals surface area contributed by atoms with Gasteiger partial charge in [0.1, 0.15) is 11.5 Å². The molecule has 0 aliphatic heterocycles. The van der Waals surface area contributed by atoms with Crippen molar-refractivity contribution in [3.63, 3.8) is 0 Å². The normalized spacial score (nSPS) is 9.90. The van der Waals surface area contributed by atoms with Gasteiger partial charge in [-0.2, -0.15) is 5.26 Å². The Morgan fingerprint density at radius 2 is 1.75 bits per heavy atom. The maximum Gasteiger partial charge on any atom is 0.130 e. The van der Waals surface area contributed by atoms with Crippen LogP contribution in [-0.2, 0) is 6.42 Å². The molecule has 3 heteroatoms. The van der Waals surface area contributed by atoms with Crippen molar-refractivity contribution >= 4 is 0 Å². The van der Waals surface area contributed by atoms with Crippen LogP contribution >= 0.6 is 0 Å². The van der Waals surface area contributed by atoms with E-state index < -0.39 is 0 Å². The first-order valence-corrected chi connectivity index (χ1v) is 6.38. The smallest absolute Gasteiger partial charge is 0.130 e. The first kappa shape index (κ1) is 14.0. The number of ether oxygens (including phenoxy) is 2. The summed E-state index contributed by atoms with van der Waals surface area (Å²) in [7, 11) is 3.29. The van der Waals surface area contributed by atoms with Crippen LogP contribution in [0.5, 0.6) is 11.5 Å². The Labute approximate surface area is 119 Å². The van der Waals surface area contributed by atoms with E-state index in [1.807, 2.05) is 43.3 Å². The van der Waals surface area contributed by atoms with Crippen LogP contribution < -0.4 is 9.47 Å². The summed E-state index contributed by atoms with van der Waals surface area (Å²) in [6.45, 7) is 2.04. The average molecular weight is 267 g/mol. The van der Waals surface area contributed by atoms with Crippen LogP contribution in [0.1, 0.15) is 11.1 Å². The van der Waals surface area contributed by atoms with Crippen LogP contribution in [0.3, 0.4) is 0 Å². The second-order valence-corrected chi connectivity index (χ2v) is 4.55. The minimum Gasteiger partial charge on any atom is -0.497 e. The van der Waals surface area contributed by atoms with Crippen LogP contribution in [0.25, 0.3) is 11.1 Å². The molecule has 0 aromatic heterocycles. The van der Waals surface area contributed by atoms with Crippen LogP contribution in [0.15, 0.2) is 36.4 Å². The molecule has 2 rings (SSSR count). The van der Waals surface area contributed by atoms with Gasteiger partial charge in [-0.3, -0.25) is 0 Å². The quantitative estimate of drug-likeness (QED) is 0.847. The van der Waals surface area contributed by atoms with E-state index in [4.69, 9.17) is 14.7 Å². The summed E-state index contributed by atoms with van der Waals surface area (Å²) in [5.41, 5.74) is 4.28. The first-order chi connectivity index (χ1) is 9.69. The molecule has 0 saturated carbocycles. The van der Waals surface area contributed by atoms with Crippen molar-refractivity contribution < 1.29 is 9.47 Å². The summed E-state index contributed by atoms with van der Waals surface area (Å²) in [6, 6.07) is 14.0.